The van der Waals surface area contributed by atoms with Gasteiger partial charge in [0, 0.05) is 18.8 Å². The van der Waals surface area contributed by atoms with Crippen LogP contribution >= 0.6 is 11.8 Å². The monoisotopic (exact) mass is 205 g/mol. The van der Waals surface area contributed by atoms with Gasteiger partial charge in [-0.1, -0.05) is 11.8 Å². The van der Waals surface area contributed by atoms with Gasteiger partial charge >= 0.3 is 5.97 Å². The van der Waals surface area contributed by atoms with E-state index in [0.717, 1.165) is 5.75 Å². The lowest BCUT2D eigenvalue weighted by molar-refractivity contribution is -0.139. The molecule has 1 fully saturated rings. The molecule has 13 heavy (non-hydrogen) atoms. The number of carboxylic acids is 1. The van der Waals surface area contributed by atoms with E-state index in [4.69, 9.17) is 5.11 Å². The standard InChI is InChI=1S/C7H11NO4S/c9-5(3-6(10)11)4-8-1-2-13-7(8)12/h5,9H,1-4H2,(H,10,11). The Hall–Kier alpha value is -0.750. The van der Waals surface area contributed by atoms with Gasteiger partial charge < -0.3 is 15.1 Å². The summed E-state index contributed by atoms with van der Waals surface area (Å²) < 4.78 is 0. The largest absolute Gasteiger partial charge is 0.481 e. The molecule has 6 heteroatoms. The van der Waals surface area contributed by atoms with Gasteiger partial charge in [0.25, 0.3) is 5.24 Å². The van der Waals surface area contributed by atoms with E-state index >= 15 is 0 Å². The van der Waals surface area contributed by atoms with E-state index in [-0.39, 0.29) is 18.2 Å². The molecule has 0 aromatic rings. The molecule has 0 aromatic carbocycles. The van der Waals surface area contributed by atoms with E-state index in [1.54, 1.807) is 0 Å². The first-order valence-corrected chi connectivity index (χ1v) is 4.89. The zero-order chi connectivity index (χ0) is 9.84. The Bertz CT molecular complexity index is 221. The van der Waals surface area contributed by atoms with Crippen molar-refractivity contribution in [3.05, 3.63) is 0 Å². The Morgan fingerprint density at radius 2 is 2.38 bits per heavy atom. The van der Waals surface area contributed by atoms with Gasteiger partial charge in [0.2, 0.25) is 0 Å². The smallest absolute Gasteiger partial charge is 0.306 e. The summed E-state index contributed by atoms with van der Waals surface area (Å²) in [6, 6.07) is 0. The van der Waals surface area contributed by atoms with E-state index < -0.39 is 12.1 Å². The summed E-state index contributed by atoms with van der Waals surface area (Å²) in [4.78, 5) is 22.7. The van der Waals surface area contributed by atoms with Gasteiger partial charge in [-0.25, -0.2) is 0 Å². The first-order chi connectivity index (χ1) is 6.09. The number of nitrogens with zero attached hydrogens (tertiary/aromatic N) is 1. The van der Waals surface area contributed by atoms with E-state index in [9.17, 15) is 14.7 Å². The number of hydrogen-bond acceptors (Lipinski definition) is 4. The topological polar surface area (TPSA) is 77.8 Å². The molecule has 0 saturated carbocycles. The summed E-state index contributed by atoms with van der Waals surface area (Å²) in [5.74, 6) is -0.328. The molecule has 0 aliphatic carbocycles. The second-order valence-electron chi connectivity index (χ2n) is 2.81. The van der Waals surface area contributed by atoms with Crippen LogP contribution in [-0.2, 0) is 4.79 Å². The molecule has 0 bridgehead atoms. The number of carbonyl (C=O) groups is 2. The van der Waals surface area contributed by atoms with Gasteiger partial charge in [0.15, 0.2) is 0 Å². The number of carboxylic acid groups (broad SMARTS) is 1. The number of hydrogen-bond donors (Lipinski definition) is 2. The van der Waals surface area contributed by atoms with Gasteiger partial charge in [-0.3, -0.25) is 9.59 Å². The molecule has 1 heterocycles. The SMILES string of the molecule is O=C(O)CC(O)CN1CCSC1=O. The average Bonchev–Trinajstić information content (AvgIpc) is 2.34. The van der Waals surface area contributed by atoms with Gasteiger partial charge in [0.05, 0.1) is 12.5 Å². The van der Waals surface area contributed by atoms with Crippen molar-refractivity contribution in [2.24, 2.45) is 0 Å². The first kappa shape index (κ1) is 10.3. The Balaban J connectivity index is 2.30. The molecule has 1 rings (SSSR count). The fourth-order valence-electron chi connectivity index (χ4n) is 1.11. The number of aliphatic carboxylic acids is 1. The lowest BCUT2D eigenvalue weighted by Crippen LogP contribution is -2.33. The van der Waals surface area contributed by atoms with Crippen LogP contribution < -0.4 is 0 Å². The van der Waals surface area contributed by atoms with Crippen molar-refractivity contribution in [1.29, 1.82) is 0 Å². The van der Waals surface area contributed by atoms with Crippen molar-refractivity contribution in [3.8, 4) is 0 Å². The van der Waals surface area contributed by atoms with Crippen LogP contribution in [0.4, 0.5) is 4.79 Å². The summed E-state index contributed by atoms with van der Waals surface area (Å²) in [5.41, 5.74) is 0. The Morgan fingerprint density at radius 1 is 1.69 bits per heavy atom. The summed E-state index contributed by atoms with van der Waals surface area (Å²) >= 11 is 1.19. The maximum absolute atomic E-state index is 11.0. The third kappa shape index (κ3) is 3.23. The van der Waals surface area contributed by atoms with Crippen molar-refractivity contribution in [2.75, 3.05) is 18.8 Å². The van der Waals surface area contributed by atoms with Gasteiger partial charge in [-0.15, -0.1) is 0 Å². The van der Waals surface area contributed by atoms with Crippen LogP contribution in [0, 0.1) is 0 Å². The van der Waals surface area contributed by atoms with Crippen molar-refractivity contribution in [2.45, 2.75) is 12.5 Å². The predicted molar refractivity (Wildman–Crippen MR) is 47.7 cm³/mol. The summed E-state index contributed by atoms with van der Waals surface area (Å²) in [6.45, 7) is 0.721. The summed E-state index contributed by atoms with van der Waals surface area (Å²) in [7, 11) is 0. The maximum Gasteiger partial charge on any atom is 0.306 e. The van der Waals surface area contributed by atoms with E-state index in [2.05, 4.69) is 0 Å². The second-order valence-corrected chi connectivity index (χ2v) is 3.86. The molecule has 5 nitrogen and oxygen atoms in total. The molecular formula is C7H11NO4S. The van der Waals surface area contributed by atoms with Crippen molar-refractivity contribution < 1.29 is 19.8 Å². The van der Waals surface area contributed by atoms with Crippen molar-refractivity contribution in [3.63, 3.8) is 0 Å². The van der Waals surface area contributed by atoms with E-state index in [1.165, 1.54) is 16.7 Å². The first-order valence-electron chi connectivity index (χ1n) is 3.91. The number of rotatable bonds is 4. The fourth-order valence-corrected chi connectivity index (χ4v) is 1.95. The Morgan fingerprint density at radius 3 is 2.85 bits per heavy atom. The van der Waals surface area contributed by atoms with Crippen LogP contribution in [0.3, 0.4) is 0 Å². The second kappa shape index (κ2) is 4.48. The van der Waals surface area contributed by atoms with Gasteiger partial charge in [-0.2, -0.15) is 0 Å². The molecule has 0 aromatic heterocycles. The number of carbonyl (C=O) groups excluding carboxylic acids is 1. The molecule has 74 valence electrons. The lowest BCUT2D eigenvalue weighted by atomic mass is 10.2. The zero-order valence-electron chi connectivity index (χ0n) is 6.97. The highest BCUT2D eigenvalue weighted by molar-refractivity contribution is 8.13. The van der Waals surface area contributed by atoms with Crippen LogP contribution in [0.1, 0.15) is 6.42 Å². The van der Waals surface area contributed by atoms with Crippen LogP contribution in [-0.4, -0.2) is 51.3 Å². The van der Waals surface area contributed by atoms with Crippen molar-refractivity contribution >= 4 is 23.0 Å². The molecule has 1 aliphatic heterocycles. The van der Waals surface area contributed by atoms with Gasteiger partial charge in [-0.05, 0) is 0 Å². The minimum Gasteiger partial charge on any atom is -0.481 e. The molecule has 1 atom stereocenters. The van der Waals surface area contributed by atoms with Crippen LogP contribution in [0.15, 0.2) is 0 Å². The third-order valence-corrected chi connectivity index (χ3v) is 2.58. The van der Waals surface area contributed by atoms with Crippen LogP contribution in [0.5, 0.6) is 0 Å². The maximum atomic E-state index is 11.0. The van der Waals surface area contributed by atoms with E-state index in [1.807, 2.05) is 0 Å². The molecule has 2 N–H and O–H groups in total. The Kier molecular flexibility index (Phi) is 3.56. The highest BCUT2D eigenvalue weighted by atomic mass is 32.2. The predicted octanol–water partition coefficient (Wildman–Crippen LogP) is -0.00920. The molecule has 1 unspecified atom stereocenters. The number of amides is 1. The quantitative estimate of drug-likeness (QED) is 0.675. The number of β-amino-alcohol motifs (C(OH)–C–C–N with tert-alkyl or cyclic N) is 1. The van der Waals surface area contributed by atoms with Crippen molar-refractivity contribution in [1.82, 2.24) is 4.90 Å². The molecule has 1 aliphatic rings. The van der Waals surface area contributed by atoms with Gasteiger partial charge in [0.1, 0.15) is 0 Å². The van der Waals surface area contributed by atoms with Crippen LogP contribution in [0.25, 0.3) is 0 Å². The van der Waals surface area contributed by atoms with Crippen LogP contribution in [0.2, 0.25) is 0 Å². The highest BCUT2D eigenvalue weighted by Crippen LogP contribution is 2.17. The lowest BCUT2D eigenvalue weighted by Gasteiger charge is -2.17. The molecule has 0 radical (unpaired) electrons. The number of aliphatic hydroxyl groups is 1. The highest BCUT2D eigenvalue weighted by Gasteiger charge is 2.24. The summed E-state index contributed by atoms with van der Waals surface area (Å²) in [5, 5.41) is 17.5. The average molecular weight is 205 g/mol. The fraction of sp³-hybridized carbons (Fsp3) is 0.714. The number of aliphatic hydroxyl groups excluding tert-OH is 1. The molecule has 0 spiro atoms. The molecule has 1 amide bonds. The minimum absolute atomic E-state index is 0.0792. The molecular weight excluding hydrogens is 194 g/mol. The molecule has 1 saturated heterocycles. The number of thioether (sulfide) groups is 1. The minimum atomic E-state index is -1.05. The normalized spacial score (nSPS) is 19.2. The summed E-state index contributed by atoms with van der Waals surface area (Å²) in [6.07, 6.45) is -1.27. The Labute approximate surface area is 79.7 Å². The van der Waals surface area contributed by atoms with E-state index in [0.29, 0.717) is 6.54 Å². The third-order valence-electron chi connectivity index (χ3n) is 1.69. The zero-order valence-corrected chi connectivity index (χ0v) is 7.79.